The maximum Gasteiger partial charge on any atom is 0.277 e. The van der Waals surface area contributed by atoms with Gasteiger partial charge in [-0.1, -0.05) is 42.5 Å². The van der Waals surface area contributed by atoms with E-state index < -0.39 is 0 Å². The van der Waals surface area contributed by atoms with E-state index in [1.165, 1.54) is 22.6 Å². The lowest BCUT2D eigenvalue weighted by Crippen LogP contribution is -2.47. The highest BCUT2D eigenvalue weighted by Gasteiger charge is 2.42. The molecule has 0 aromatic heterocycles. The third-order valence-corrected chi connectivity index (χ3v) is 5.98. The molecule has 0 atom stereocenters. The Labute approximate surface area is 194 Å². The average Bonchev–Trinajstić information content (AvgIpc) is 3.05. The van der Waals surface area contributed by atoms with E-state index in [1.807, 2.05) is 36.9 Å². The van der Waals surface area contributed by atoms with E-state index in [-0.39, 0.29) is 36.9 Å². The van der Waals surface area contributed by atoms with E-state index in [0.717, 1.165) is 19.6 Å². The summed E-state index contributed by atoms with van der Waals surface area (Å²) in [5.41, 5.74) is 2.57. The molecule has 0 unspecified atom stereocenters. The molecule has 2 aromatic rings. The molecular formula is C26H30FN3O3. The summed E-state index contributed by atoms with van der Waals surface area (Å²) >= 11 is 0. The van der Waals surface area contributed by atoms with Crippen LogP contribution in [0.2, 0.25) is 0 Å². The zero-order valence-corrected chi connectivity index (χ0v) is 19.2. The van der Waals surface area contributed by atoms with Crippen molar-refractivity contribution in [2.75, 3.05) is 39.3 Å². The van der Waals surface area contributed by atoms with Crippen LogP contribution in [0.5, 0.6) is 0 Å². The lowest BCUT2D eigenvalue weighted by molar-refractivity contribution is -0.138. The van der Waals surface area contributed by atoms with Crippen molar-refractivity contribution in [1.82, 2.24) is 14.7 Å². The van der Waals surface area contributed by atoms with Crippen LogP contribution in [0.4, 0.5) is 4.39 Å². The lowest BCUT2D eigenvalue weighted by atomic mass is 10.0. The van der Waals surface area contributed by atoms with E-state index in [2.05, 4.69) is 17.0 Å². The molecule has 174 valence electrons. The zero-order chi connectivity index (χ0) is 23.4. The van der Waals surface area contributed by atoms with Gasteiger partial charge in [0.05, 0.1) is 24.8 Å². The van der Waals surface area contributed by atoms with Gasteiger partial charge >= 0.3 is 0 Å². The van der Waals surface area contributed by atoms with Gasteiger partial charge in [0, 0.05) is 32.7 Å². The molecule has 2 aliphatic heterocycles. The summed E-state index contributed by atoms with van der Waals surface area (Å²) in [5.74, 6) is -1.03. The summed E-state index contributed by atoms with van der Waals surface area (Å²) in [6, 6.07) is 16.1. The molecule has 1 fully saturated rings. The van der Waals surface area contributed by atoms with E-state index in [1.54, 1.807) is 12.1 Å². The van der Waals surface area contributed by atoms with Crippen LogP contribution < -0.4 is 0 Å². The molecule has 2 aromatic carbocycles. The summed E-state index contributed by atoms with van der Waals surface area (Å²) in [6.07, 6.45) is 0.0134. The Morgan fingerprint density at radius 3 is 2.21 bits per heavy atom. The van der Waals surface area contributed by atoms with Crippen LogP contribution in [0.15, 0.2) is 60.3 Å². The number of carbonyl (C=O) groups excluding carboxylic acids is 2. The number of hydrogen-bond acceptors (Lipinski definition) is 5. The van der Waals surface area contributed by atoms with Crippen molar-refractivity contribution < 1.29 is 18.7 Å². The van der Waals surface area contributed by atoms with Crippen molar-refractivity contribution >= 4 is 17.4 Å². The minimum atomic E-state index is -0.380. The standard InChI is InChI=1S/C26H30FN3O3/c1-19(2)33-17-16-30-25(31)23(21-8-10-22(27)11-9-21)24(26(30)32)29-14-12-28(13-15-29)18-20-6-4-3-5-7-20/h3-11,19H,12-18H2,1-2H3. The quantitative estimate of drug-likeness (QED) is 0.577. The first kappa shape index (κ1) is 23.1. The number of ether oxygens (including phenoxy) is 1. The van der Waals surface area contributed by atoms with Gasteiger partial charge in [0.2, 0.25) is 0 Å². The Hall–Kier alpha value is -3.03. The van der Waals surface area contributed by atoms with E-state index in [4.69, 9.17) is 4.74 Å². The van der Waals surface area contributed by atoms with Crippen molar-refractivity contribution in [2.45, 2.75) is 26.5 Å². The molecule has 0 N–H and O–H groups in total. The predicted octanol–water partition coefficient (Wildman–Crippen LogP) is 3.15. The molecule has 7 heteroatoms. The van der Waals surface area contributed by atoms with Crippen molar-refractivity contribution in [3.63, 3.8) is 0 Å². The zero-order valence-electron chi connectivity index (χ0n) is 19.2. The minimum absolute atomic E-state index is 0.0134. The number of halogens is 1. The normalized spacial score (nSPS) is 17.6. The molecule has 4 rings (SSSR count). The van der Waals surface area contributed by atoms with Crippen LogP contribution in [-0.4, -0.2) is 71.9 Å². The molecule has 0 radical (unpaired) electrons. The molecule has 0 saturated carbocycles. The molecule has 33 heavy (non-hydrogen) atoms. The highest BCUT2D eigenvalue weighted by molar-refractivity contribution is 6.35. The summed E-state index contributed by atoms with van der Waals surface area (Å²) in [7, 11) is 0. The second kappa shape index (κ2) is 10.3. The fraction of sp³-hybridized carbons (Fsp3) is 0.385. The van der Waals surface area contributed by atoms with Crippen LogP contribution in [0.3, 0.4) is 0 Å². The minimum Gasteiger partial charge on any atom is -0.377 e. The van der Waals surface area contributed by atoms with Crippen LogP contribution in [0.1, 0.15) is 25.0 Å². The number of hydrogen-bond donors (Lipinski definition) is 0. The summed E-state index contributed by atoms with van der Waals surface area (Å²) in [5, 5.41) is 0. The van der Waals surface area contributed by atoms with E-state index >= 15 is 0 Å². The van der Waals surface area contributed by atoms with E-state index in [9.17, 15) is 14.0 Å². The first-order valence-corrected chi connectivity index (χ1v) is 11.4. The van der Waals surface area contributed by atoms with Crippen LogP contribution in [-0.2, 0) is 20.9 Å². The smallest absolute Gasteiger partial charge is 0.277 e. The topological polar surface area (TPSA) is 53.1 Å². The van der Waals surface area contributed by atoms with Crippen LogP contribution in [0.25, 0.3) is 5.57 Å². The molecule has 0 bridgehead atoms. The van der Waals surface area contributed by atoms with Crippen molar-refractivity contribution in [3.05, 3.63) is 77.2 Å². The number of amides is 2. The van der Waals surface area contributed by atoms with Gasteiger partial charge in [0.15, 0.2) is 0 Å². The van der Waals surface area contributed by atoms with Gasteiger partial charge in [-0.15, -0.1) is 0 Å². The van der Waals surface area contributed by atoms with Crippen molar-refractivity contribution in [3.8, 4) is 0 Å². The Kier molecular flexibility index (Phi) is 7.20. The van der Waals surface area contributed by atoms with Gasteiger partial charge in [-0.25, -0.2) is 4.39 Å². The molecule has 2 amide bonds. The fourth-order valence-corrected chi connectivity index (χ4v) is 4.29. The summed E-state index contributed by atoms with van der Waals surface area (Å²) < 4.78 is 19.1. The summed E-state index contributed by atoms with van der Waals surface area (Å²) in [4.78, 5) is 32.3. The van der Waals surface area contributed by atoms with E-state index in [0.29, 0.717) is 29.9 Å². The predicted molar refractivity (Wildman–Crippen MR) is 124 cm³/mol. The molecular weight excluding hydrogens is 421 g/mol. The lowest BCUT2D eigenvalue weighted by Gasteiger charge is -2.36. The second-order valence-corrected chi connectivity index (χ2v) is 8.66. The number of carbonyl (C=O) groups is 2. The van der Waals surface area contributed by atoms with Gasteiger partial charge in [0.25, 0.3) is 11.8 Å². The molecule has 1 saturated heterocycles. The average molecular weight is 452 g/mol. The van der Waals surface area contributed by atoms with Crippen molar-refractivity contribution in [2.24, 2.45) is 0 Å². The molecule has 0 aliphatic carbocycles. The molecule has 2 aliphatic rings. The van der Waals surface area contributed by atoms with Gasteiger partial charge in [-0.3, -0.25) is 19.4 Å². The third kappa shape index (κ3) is 5.31. The Bertz CT molecular complexity index is 1010. The largest absolute Gasteiger partial charge is 0.377 e. The number of rotatable bonds is 8. The first-order valence-electron chi connectivity index (χ1n) is 11.4. The molecule has 0 spiro atoms. The Balaban J connectivity index is 1.54. The van der Waals surface area contributed by atoms with Gasteiger partial charge < -0.3 is 9.64 Å². The van der Waals surface area contributed by atoms with Crippen molar-refractivity contribution in [1.29, 1.82) is 0 Å². The molecule has 6 nitrogen and oxygen atoms in total. The van der Waals surface area contributed by atoms with Crippen LogP contribution >= 0.6 is 0 Å². The highest BCUT2D eigenvalue weighted by atomic mass is 19.1. The number of nitrogens with zero attached hydrogens (tertiary/aromatic N) is 3. The Morgan fingerprint density at radius 1 is 0.909 bits per heavy atom. The van der Waals surface area contributed by atoms with Gasteiger partial charge in [-0.05, 0) is 37.1 Å². The summed E-state index contributed by atoms with van der Waals surface area (Å²) in [6.45, 7) is 8.00. The highest BCUT2D eigenvalue weighted by Crippen LogP contribution is 2.32. The molecule has 2 heterocycles. The fourth-order valence-electron chi connectivity index (χ4n) is 4.29. The van der Waals surface area contributed by atoms with Gasteiger partial charge in [-0.2, -0.15) is 0 Å². The maximum atomic E-state index is 13.5. The van der Waals surface area contributed by atoms with Crippen LogP contribution in [0, 0.1) is 5.82 Å². The number of piperazine rings is 1. The second-order valence-electron chi connectivity index (χ2n) is 8.66. The van der Waals surface area contributed by atoms with Gasteiger partial charge in [0.1, 0.15) is 11.5 Å². The number of benzene rings is 2. The third-order valence-electron chi connectivity index (χ3n) is 5.98. The number of imide groups is 1. The Morgan fingerprint density at radius 2 is 1.58 bits per heavy atom. The first-order chi connectivity index (χ1) is 15.9. The SMILES string of the molecule is CC(C)OCCN1C(=O)C(c2ccc(F)cc2)=C(N2CCN(Cc3ccccc3)CC2)C1=O. The monoisotopic (exact) mass is 451 g/mol. The maximum absolute atomic E-state index is 13.5.